The van der Waals surface area contributed by atoms with E-state index in [2.05, 4.69) is 23.3 Å². The molecule has 4 heteroatoms. The second kappa shape index (κ2) is 5.33. The maximum atomic E-state index is 5.91. The van der Waals surface area contributed by atoms with Gasteiger partial charge in [-0.3, -0.25) is 0 Å². The molecule has 1 aromatic heterocycles. The van der Waals surface area contributed by atoms with Gasteiger partial charge in [0.1, 0.15) is 10.9 Å². The maximum absolute atomic E-state index is 5.91. The van der Waals surface area contributed by atoms with E-state index >= 15 is 0 Å². The summed E-state index contributed by atoms with van der Waals surface area (Å²) in [5.41, 5.74) is 3.12. The van der Waals surface area contributed by atoms with E-state index in [9.17, 15) is 0 Å². The van der Waals surface area contributed by atoms with Crippen LogP contribution < -0.4 is 10.1 Å². The van der Waals surface area contributed by atoms with Gasteiger partial charge in [-0.2, -0.15) is 0 Å². The highest BCUT2D eigenvalue weighted by molar-refractivity contribution is 6.29. The number of fused-ring (bicyclic) bond motifs is 1. The Hall–Kier alpha value is -1.74. The van der Waals surface area contributed by atoms with E-state index in [1.807, 2.05) is 37.3 Å². The molecule has 0 spiro atoms. The minimum absolute atomic E-state index is 0.224. The molecule has 0 bridgehead atoms. The average molecular weight is 289 g/mol. The van der Waals surface area contributed by atoms with Crippen molar-refractivity contribution < 1.29 is 4.74 Å². The third-order valence-electron chi connectivity index (χ3n) is 3.69. The lowest BCUT2D eigenvalue weighted by Gasteiger charge is -2.33. The van der Waals surface area contributed by atoms with Crippen LogP contribution in [0.1, 0.15) is 24.2 Å². The predicted molar refractivity (Wildman–Crippen MR) is 81.4 cm³/mol. The lowest BCUT2D eigenvalue weighted by atomic mass is 9.92. The number of nitrogens with one attached hydrogen (secondary N) is 1. The number of aryl methyl sites for hydroxylation is 1. The number of para-hydroxylation sites is 1. The van der Waals surface area contributed by atoms with Crippen molar-refractivity contribution in [2.24, 2.45) is 5.92 Å². The van der Waals surface area contributed by atoms with Crippen molar-refractivity contribution in [3.8, 4) is 5.75 Å². The molecule has 3 rings (SSSR count). The highest BCUT2D eigenvalue weighted by Crippen LogP contribution is 2.37. The van der Waals surface area contributed by atoms with Gasteiger partial charge in [-0.05, 0) is 25.1 Å². The van der Waals surface area contributed by atoms with Crippen LogP contribution in [0.2, 0.25) is 5.15 Å². The van der Waals surface area contributed by atoms with Gasteiger partial charge in [0.05, 0.1) is 24.0 Å². The van der Waals surface area contributed by atoms with E-state index in [-0.39, 0.29) is 6.04 Å². The molecule has 1 aliphatic heterocycles. The summed E-state index contributed by atoms with van der Waals surface area (Å²) in [4.78, 5) is 4.29. The molecule has 0 saturated carbocycles. The van der Waals surface area contributed by atoms with E-state index in [0.717, 1.165) is 23.7 Å². The first-order chi connectivity index (χ1) is 9.65. The van der Waals surface area contributed by atoms with Crippen LogP contribution in [-0.4, -0.2) is 11.6 Å². The highest BCUT2D eigenvalue weighted by Gasteiger charge is 2.27. The fourth-order valence-corrected chi connectivity index (χ4v) is 2.75. The molecule has 3 nitrogen and oxygen atoms in total. The van der Waals surface area contributed by atoms with Gasteiger partial charge in [-0.15, -0.1) is 0 Å². The Kier molecular flexibility index (Phi) is 3.53. The second-order valence-electron chi connectivity index (χ2n) is 5.22. The van der Waals surface area contributed by atoms with E-state index in [4.69, 9.17) is 16.3 Å². The summed E-state index contributed by atoms with van der Waals surface area (Å²) in [6, 6.07) is 12.2. The van der Waals surface area contributed by atoms with Gasteiger partial charge in [0.25, 0.3) is 0 Å². The van der Waals surface area contributed by atoms with Crippen LogP contribution in [0, 0.1) is 12.8 Å². The van der Waals surface area contributed by atoms with Crippen LogP contribution in [0.25, 0.3) is 0 Å². The quantitative estimate of drug-likeness (QED) is 0.840. The summed E-state index contributed by atoms with van der Waals surface area (Å²) in [5, 5.41) is 4.10. The standard InChI is InChI=1S/C16H17ClN2O/c1-10-9-20-14-6-4-3-5-12(14)16(10)19-13-7-8-15(17)18-11(13)2/h3-8,10,16,19H,9H2,1-2H3. The number of hydrogen-bond donors (Lipinski definition) is 1. The Bertz CT molecular complexity index is 630. The number of aromatic nitrogens is 1. The normalized spacial score (nSPS) is 20.9. The Morgan fingerprint density at radius 3 is 2.85 bits per heavy atom. The first-order valence-corrected chi connectivity index (χ1v) is 7.14. The van der Waals surface area contributed by atoms with Crippen LogP contribution in [0.4, 0.5) is 5.69 Å². The minimum Gasteiger partial charge on any atom is -0.493 e. The SMILES string of the molecule is Cc1nc(Cl)ccc1NC1c2ccccc2OCC1C. The van der Waals surface area contributed by atoms with Crippen molar-refractivity contribution in [3.05, 3.63) is 52.8 Å². The number of anilines is 1. The van der Waals surface area contributed by atoms with Crippen LogP contribution in [-0.2, 0) is 0 Å². The molecule has 0 aliphatic carbocycles. The number of halogens is 1. The fraction of sp³-hybridized carbons (Fsp3) is 0.312. The Balaban J connectivity index is 1.93. The van der Waals surface area contributed by atoms with E-state index in [1.165, 1.54) is 5.56 Å². The predicted octanol–water partition coefficient (Wildman–Crippen LogP) is 4.23. The van der Waals surface area contributed by atoms with Crippen molar-refractivity contribution in [2.45, 2.75) is 19.9 Å². The van der Waals surface area contributed by atoms with E-state index < -0.39 is 0 Å². The molecule has 2 aromatic rings. The Labute approximate surface area is 123 Å². The molecule has 20 heavy (non-hydrogen) atoms. The van der Waals surface area contributed by atoms with E-state index in [1.54, 1.807) is 0 Å². The molecule has 2 unspecified atom stereocenters. The van der Waals surface area contributed by atoms with Crippen LogP contribution >= 0.6 is 11.6 Å². The number of pyridine rings is 1. The number of ether oxygens (including phenoxy) is 1. The van der Waals surface area contributed by atoms with Gasteiger partial charge in [0, 0.05) is 11.5 Å². The zero-order chi connectivity index (χ0) is 14.1. The molecule has 0 radical (unpaired) electrons. The highest BCUT2D eigenvalue weighted by atomic mass is 35.5. The second-order valence-corrected chi connectivity index (χ2v) is 5.60. The van der Waals surface area contributed by atoms with Gasteiger partial charge in [-0.25, -0.2) is 4.98 Å². The summed E-state index contributed by atoms with van der Waals surface area (Å²) in [7, 11) is 0. The molecule has 2 atom stereocenters. The van der Waals surface area contributed by atoms with Gasteiger partial charge in [-0.1, -0.05) is 36.7 Å². The number of hydrogen-bond acceptors (Lipinski definition) is 3. The van der Waals surface area contributed by atoms with Gasteiger partial charge >= 0.3 is 0 Å². The van der Waals surface area contributed by atoms with Crippen molar-refractivity contribution >= 4 is 17.3 Å². The van der Waals surface area contributed by atoms with Crippen LogP contribution in [0.5, 0.6) is 5.75 Å². The first kappa shape index (κ1) is 13.3. The molecule has 0 amide bonds. The summed E-state index contributed by atoms with van der Waals surface area (Å²) in [6.45, 7) is 4.87. The topological polar surface area (TPSA) is 34.2 Å². The van der Waals surface area contributed by atoms with E-state index in [0.29, 0.717) is 11.1 Å². The van der Waals surface area contributed by atoms with Crippen LogP contribution in [0.3, 0.4) is 0 Å². The van der Waals surface area contributed by atoms with Gasteiger partial charge in [0.15, 0.2) is 0 Å². The molecule has 1 aliphatic rings. The smallest absolute Gasteiger partial charge is 0.129 e. The molecule has 0 fully saturated rings. The lowest BCUT2D eigenvalue weighted by molar-refractivity contribution is 0.214. The molecule has 104 valence electrons. The third-order valence-corrected chi connectivity index (χ3v) is 3.90. The first-order valence-electron chi connectivity index (χ1n) is 6.76. The lowest BCUT2D eigenvalue weighted by Crippen LogP contribution is -2.29. The zero-order valence-corrected chi connectivity index (χ0v) is 12.3. The minimum atomic E-state index is 0.224. The summed E-state index contributed by atoms with van der Waals surface area (Å²) in [5.74, 6) is 1.35. The number of benzene rings is 1. The summed E-state index contributed by atoms with van der Waals surface area (Å²) >= 11 is 5.91. The monoisotopic (exact) mass is 288 g/mol. The molecular formula is C16H17ClN2O. The average Bonchev–Trinajstić information content (AvgIpc) is 2.44. The van der Waals surface area contributed by atoms with Gasteiger partial charge < -0.3 is 10.1 Å². The van der Waals surface area contributed by atoms with Crippen molar-refractivity contribution in [1.82, 2.24) is 4.98 Å². The van der Waals surface area contributed by atoms with Gasteiger partial charge in [0.2, 0.25) is 0 Å². The number of rotatable bonds is 2. The third kappa shape index (κ3) is 2.46. The van der Waals surface area contributed by atoms with Crippen molar-refractivity contribution in [1.29, 1.82) is 0 Å². The Morgan fingerprint density at radius 1 is 1.25 bits per heavy atom. The van der Waals surface area contributed by atoms with Crippen molar-refractivity contribution in [3.63, 3.8) is 0 Å². The molecular weight excluding hydrogens is 272 g/mol. The molecule has 1 N–H and O–H groups in total. The fourth-order valence-electron chi connectivity index (χ4n) is 2.56. The summed E-state index contributed by atoms with van der Waals surface area (Å²) in [6.07, 6.45) is 0. The maximum Gasteiger partial charge on any atom is 0.129 e. The molecule has 0 saturated heterocycles. The molecule has 2 heterocycles. The zero-order valence-electron chi connectivity index (χ0n) is 11.6. The summed E-state index contributed by atoms with van der Waals surface area (Å²) < 4.78 is 5.78. The van der Waals surface area contributed by atoms with Crippen molar-refractivity contribution in [2.75, 3.05) is 11.9 Å². The van der Waals surface area contributed by atoms with Crippen LogP contribution in [0.15, 0.2) is 36.4 Å². The number of nitrogens with zero attached hydrogens (tertiary/aromatic N) is 1. The Morgan fingerprint density at radius 2 is 2.05 bits per heavy atom. The largest absolute Gasteiger partial charge is 0.493 e. The molecule has 1 aromatic carbocycles.